The van der Waals surface area contributed by atoms with Gasteiger partial charge in [-0.2, -0.15) is 5.10 Å². The molecule has 37 heavy (non-hydrogen) atoms. The molecule has 2 unspecified atom stereocenters. The first-order valence-electron chi connectivity index (χ1n) is 12.5. The van der Waals surface area contributed by atoms with Gasteiger partial charge in [-0.05, 0) is 54.7 Å². The number of fused-ring (bicyclic) bond motifs is 2. The molecular formula is C28H31N5O4. The van der Waals surface area contributed by atoms with Crippen LogP contribution in [-0.4, -0.2) is 46.8 Å². The molecule has 2 aromatic carbocycles. The highest BCUT2D eigenvalue weighted by Crippen LogP contribution is 2.45. The Bertz CT molecular complexity index is 1360. The fourth-order valence-corrected chi connectivity index (χ4v) is 5.45. The Hall–Kier alpha value is -3.98. The zero-order chi connectivity index (χ0) is 26.2. The zero-order valence-corrected chi connectivity index (χ0v) is 21.2. The van der Waals surface area contributed by atoms with E-state index in [4.69, 9.17) is 4.74 Å². The van der Waals surface area contributed by atoms with Gasteiger partial charge in [0, 0.05) is 43.8 Å². The molecule has 3 amide bonds. The number of aryl methyl sites for hydroxylation is 2. The lowest BCUT2D eigenvalue weighted by Crippen LogP contribution is -2.47. The average molecular weight is 502 g/mol. The van der Waals surface area contributed by atoms with Crippen LogP contribution in [0.15, 0.2) is 54.7 Å². The van der Waals surface area contributed by atoms with E-state index in [1.54, 1.807) is 25.4 Å². The van der Waals surface area contributed by atoms with Gasteiger partial charge in [-0.3, -0.25) is 19.1 Å². The molecule has 9 nitrogen and oxygen atoms in total. The Kier molecular flexibility index (Phi) is 6.55. The van der Waals surface area contributed by atoms with Gasteiger partial charge >= 0.3 is 0 Å². The summed E-state index contributed by atoms with van der Waals surface area (Å²) in [6, 6.07) is 14.1. The topological polar surface area (TPSA) is 114 Å². The van der Waals surface area contributed by atoms with Gasteiger partial charge < -0.3 is 20.7 Å². The first kappa shape index (κ1) is 24.7. The fourth-order valence-electron chi connectivity index (χ4n) is 5.45. The number of ether oxygens (including phenoxy) is 1. The molecule has 2 atom stereocenters. The number of anilines is 2. The highest BCUT2D eigenvalue weighted by molar-refractivity contribution is 6.07. The zero-order valence-electron chi connectivity index (χ0n) is 21.2. The van der Waals surface area contributed by atoms with Crippen LogP contribution in [0, 0.1) is 6.92 Å². The standard InChI is InChI=1S/C28H31N5O4/c1-17-6-4-5-7-20(17)18(2)24(32-25(34)23-10-13-29-33(23)3)26(35)30-19-8-9-21-22(16-19)31-27(36)28(21)11-14-37-15-12-28/h4-10,13,16,18,24H,11-12,14-15H2,1-3H3,(H,30,35)(H,31,36)(H,32,34). The molecular weight excluding hydrogens is 470 g/mol. The molecule has 3 heterocycles. The molecule has 0 saturated carbocycles. The predicted octanol–water partition coefficient (Wildman–Crippen LogP) is 3.27. The number of benzene rings is 2. The van der Waals surface area contributed by atoms with Crippen LogP contribution in [0.1, 0.15) is 52.9 Å². The fraction of sp³-hybridized carbons (Fsp3) is 0.357. The summed E-state index contributed by atoms with van der Waals surface area (Å²) in [5, 5.41) is 12.9. The molecule has 1 aromatic heterocycles. The lowest BCUT2D eigenvalue weighted by molar-refractivity contribution is -0.124. The number of rotatable bonds is 6. The van der Waals surface area contributed by atoms with E-state index < -0.39 is 11.5 Å². The van der Waals surface area contributed by atoms with E-state index >= 15 is 0 Å². The average Bonchev–Trinajstić information content (AvgIpc) is 3.43. The molecule has 5 rings (SSSR count). The second-order valence-corrected chi connectivity index (χ2v) is 9.83. The van der Waals surface area contributed by atoms with Crippen LogP contribution in [-0.2, 0) is 26.8 Å². The van der Waals surface area contributed by atoms with Crippen LogP contribution in [0.3, 0.4) is 0 Å². The van der Waals surface area contributed by atoms with Gasteiger partial charge in [0.1, 0.15) is 11.7 Å². The first-order chi connectivity index (χ1) is 17.8. The van der Waals surface area contributed by atoms with Crippen LogP contribution < -0.4 is 16.0 Å². The third kappa shape index (κ3) is 4.51. The van der Waals surface area contributed by atoms with Crippen LogP contribution in [0.25, 0.3) is 0 Å². The van der Waals surface area contributed by atoms with E-state index in [1.807, 2.05) is 50.2 Å². The van der Waals surface area contributed by atoms with Crippen molar-refractivity contribution in [3.05, 3.63) is 77.1 Å². The van der Waals surface area contributed by atoms with Gasteiger partial charge in [0.25, 0.3) is 5.91 Å². The minimum absolute atomic E-state index is 0.0243. The maximum absolute atomic E-state index is 13.6. The van der Waals surface area contributed by atoms with Gasteiger partial charge in [-0.15, -0.1) is 0 Å². The van der Waals surface area contributed by atoms with Crippen molar-refractivity contribution in [3.63, 3.8) is 0 Å². The van der Waals surface area contributed by atoms with Crippen molar-refractivity contribution in [2.75, 3.05) is 23.8 Å². The van der Waals surface area contributed by atoms with Crippen molar-refractivity contribution in [3.8, 4) is 0 Å². The van der Waals surface area contributed by atoms with Gasteiger partial charge in [0.05, 0.1) is 5.41 Å². The number of aromatic nitrogens is 2. The van der Waals surface area contributed by atoms with Crippen LogP contribution in [0.5, 0.6) is 0 Å². The summed E-state index contributed by atoms with van der Waals surface area (Å²) >= 11 is 0. The van der Waals surface area contributed by atoms with Gasteiger partial charge in [0.15, 0.2) is 0 Å². The van der Waals surface area contributed by atoms with Gasteiger partial charge in [-0.1, -0.05) is 37.3 Å². The second-order valence-electron chi connectivity index (χ2n) is 9.83. The Balaban J connectivity index is 1.41. The molecule has 0 aliphatic carbocycles. The highest BCUT2D eigenvalue weighted by atomic mass is 16.5. The molecule has 1 saturated heterocycles. The van der Waals surface area contributed by atoms with Crippen LogP contribution in [0.2, 0.25) is 0 Å². The van der Waals surface area contributed by atoms with Crippen molar-refractivity contribution in [1.82, 2.24) is 15.1 Å². The molecule has 0 bridgehead atoms. The van der Waals surface area contributed by atoms with Crippen molar-refractivity contribution in [1.29, 1.82) is 0 Å². The van der Waals surface area contributed by atoms with Crippen LogP contribution in [0.4, 0.5) is 11.4 Å². The lowest BCUT2D eigenvalue weighted by Gasteiger charge is -2.31. The van der Waals surface area contributed by atoms with E-state index in [0.717, 1.165) is 16.7 Å². The second kappa shape index (κ2) is 9.82. The number of carbonyl (C=O) groups excluding carboxylic acids is 3. The molecule has 192 valence electrons. The summed E-state index contributed by atoms with van der Waals surface area (Å²) in [6.07, 6.45) is 2.81. The number of nitrogens with zero attached hydrogens (tertiary/aromatic N) is 2. The highest BCUT2D eigenvalue weighted by Gasteiger charge is 2.47. The molecule has 3 aromatic rings. The van der Waals surface area contributed by atoms with E-state index in [9.17, 15) is 14.4 Å². The van der Waals surface area contributed by atoms with Crippen molar-refractivity contribution in [2.24, 2.45) is 7.05 Å². The predicted molar refractivity (Wildman–Crippen MR) is 139 cm³/mol. The molecule has 1 spiro atoms. The summed E-state index contributed by atoms with van der Waals surface area (Å²) in [5.41, 5.74) is 3.97. The Morgan fingerprint density at radius 2 is 1.89 bits per heavy atom. The summed E-state index contributed by atoms with van der Waals surface area (Å²) < 4.78 is 6.95. The number of hydrogen-bond donors (Lipinski definition) is 3. The van der Waals surface area contributed by atoms with E-state index in [-0.39, 0.29) is 23.6 Å². The minimum Gasteiger partial charge on any atom is -0.381 e. The molecule has 0 radical (unpaired) electrons. The molecule has 9 heteroatoms. The monoisotopic (exact) mass is 501 g/mol. The third-order valence-corrected chi connectivity index (χ3v) is 7.63. The molecule has 1 fully saturated rings. The SMILES string of the molecule is Cc1ccccc1C(C)C(NC(=O)c1ccnn1C)C(=O)Nc1ccc2c(c1)NC(=O)C21CCOCC1. The molecule has 2 aliphatic heterocycles. The van der Waals surface area contributed by atoms with Crippen molar-refractivity contribution < 1.29 is 19.1 Å². The maximum atomic E-state index is 13.6. The normalized spacial score (nSPS) is 17.5. The lowest BCUT2D eigenvalue weighted by atomic mass is 9.75. The first-order valence-corrected chi connectivity index (χ1v) is 12.5. The van der Waals surface area contributed by atoms with Gasteiger partial charge in [-0.25, -0.2) is 0 Å². The summed E-state index contributed by atoms with van der Waals surface area (Å²) in [7, 11) is 1.68. The number of nitrogens with one attached hydrogen (secondary N) is 3. The third-order valence-electron chi connectivity index (χ3n) is 7.63. The number of amides is 3. The number of hydrogen-bond acceptors (Lipinski definition) is 5. The number of carbonyl (C=O) groups is 3. The van der Waals surface area contributed by atoms with Gasteiger partial charge in [0.2, 0.25) is 11.8 Å². The largest absolute Gasteiger partial charge is 0.381 e. The molecule has 2 aliphatic rings. The molecule has 3 N–H and O–H groups in total. The van der Waals surface area contributed by atoms with E-state index in [2.05, 4.69) is 21.0 Å². The summed E-state index contributed by atoms with van der Waals surface area (Å²) in [6.45, 7) is 4.99. The van der Waals surface area contributed by atoms with Crippen molar-refractivity contribution in [2.45, 2.75) is 44.1 Å². The summed E-state index contributed by atoms with van der Waals surface area (Å²) in [4.78, 5) is 39.6. The Morgan fingerprint density at radius 1 is 1.14 bits per heavy atom. The van der Waals surface area contributed by atoms with E-state index in [1.165, 1.54) is 4.68 Å². The van der Waals surface area contributed by atoms with Crippen molar-refractivity contribution >= 4 is 29.1 Å². The maximum Gasteiger partial charge on any atom is 0.270 e. The Labute approximate surface area is 215 Å². The minimum atomic E-state index is -0.854. The van der Waals surface area contributed by atoms with E-state index in [0.29, 0.717) is 43.1 Å². The van der Waals surface area contributed by atoms with Crippen LogP contribution >= 0.6 is 0 Å². The smallest absolute Gasteiger partial charge is 0.270 e. The summed E-state index contributed by atoms with van der Waals surface area (Å²) in [5.74, 6) is -1.07. The Morgan fingerprint density at radius 3 is 2.59 bits per heavy atom. The quantitative estimate of drug-likeness (QED) is 0.480.